The van der Waals surface area contributed by atoms with E-state index in [9.17, 15) is 13.9 Å². The quantitative estimate of drug-likeness (QED) is 0.906. The number of hydrogen-bond acceptors (Lipinski definition) is 3. The van der Waals surface area contributed by atoms with Crippen molar-refractivity contribution in [3.8, 4) is 5.75 Å². The first kappa shape index (κ1) is 13.5. The predicted molar refractivity (Wildman–Crippen MR) is 65.0 cm³/mol. The fourth-order valence-corrected chi connectivity index (χ4v) is 1.75. The second-order valence-corrected chi connectivity index (χ2v) is 3.98. The molecule has 1 aromatic carbocycles. The Bertz CT molecular complexity index is 543. The monoisotopic (exact) mass is 268 g/mol. The number of hydrogen-bond donors (Lipinski definition) is 1. The van der Waals surface area contributed by atoms with Gasteiger partial charge >= 0.3 is 6.61 Å². The number of alkyl halides is 2. The van der Waals surface area contributed by atoms with Crippen molar-refractivity contribution in [3.05, 3.63) is 47.8 Å². The molecule has 0 bridgehead atoms. The molecule has 4 nitrogen and oxygen atoms in total. The Kier molecular flexibility index (Phi) is 4.11. The van der Waals surface area contributed by atoms with Crippen LogP contribution in [0.3, 0.4) is 0 Å². The molecule has 0 aliphatic rings. The first-order valence-corrected chi connectivity index (χ1v) is 5.85. The van der Waals surface area contributed by atoms with Crippen molar-refractivity contribution in [3.63, 3.8) is 0 Å². The Morgan fingerprint density at radius 2 is 2.16 bits per heavy atom. The third-order valence-electron chi connectivity index (χ3n) is 2.69. The van der Waals surface area contributed by atoms with Gasteiger partial charge in [-0.25, -0.2) is 0 Å². The number of aliphatic hydroxyl groups is 1. The van der Waals surface area contributed by atoms with Crippen molar-refractivity contribution in [1.82, 2.24) is 9.78 Å². The number of benzene rings is 1. The van der Waals surface area contributed by atoms with E-state index in [1.165, 1.54) is 12.1 Å². The van der Waals surface area contributed by atoms with E-state index >= 15 is 0 Å². The Morgan fingerprint density at radius 3 is 2.79 bits per heavy atom. The summed E-state index contributed by atoms with van der Waals surface area (Å²) in [5.74, 6) is 0.0226. The van der Waals surface area contributed by atoms with Crippen LogP contribution in [0, 0.1) is 0 Å². The van der Waals surface area contributed by atoms with Crippen LogP contribution in [0.25, 0.3) is 0 Å². The van der Waals surface area contributed by atoms with Gasteiger partial charge in [0, 0.05) is 18.3 Å². The third-order valence-corrected chi connectivity index (χ3v) is 2.69. The SMILES string of the molecule is CCn1cc(C(O)c2cccc(OC(F)F)c2)cn1. The molecule has 0 fully saturated rings. The van der Waals surface area contributed by atoms with Crippen molar-refractivity contribution in [2.75, 3.05) is 0 Å². The zero-order chi connectivity index (χ0) is 13.8. The van der Waals surface area contributed by atoms with Gasteiger partial charge in [-0.05, 0) is 24.6 Å². The van der Waals surface area contributed by atoms with E-state index in [1.54, 1.807) is 29.2 Å². The maximum atomic E-state index is 12.1. The van der Waals surface area contributed by atoms with Crippen molar-refractivity contribution < 1.29 is 18.6 Å². The topological polar surface area (TPSA) is 47.3 Å². The van der Waals surface area contributed by atoms with Gasteiger partial charge in [-0.3, -0.25) is 4.68 Å². The van der Waals surface area contributed by atoms with Gasteiger partial charge in [0.25, 0.3) is 0 Å². The summed E-state index contributed by atoms with van der Waals surface area (Å²) in [5, 5.41) is 14.2. The van der Waals surface area contributed by atoms with Crippen molar-refractivity contribution in [1.29, 1.82) is 0 Å². The molecule has 1 unspecified atom stereocenters. The molecule has 1 N–H and O–H groups in total. The van der Waals surface area contributed by atoms with Gasteiger partial charge in [0.05, 0.1) is 6.20 Å². The van der Waals surface area contributed by atoms with Crippen LogP contribution in [0.4, 0.5) is 8.78 Å². The smallest absolute Gasteiger partial charge is 0.387 e. The summed E-state index contributed by atoms with van der Waals surface area (Å²) < 4.78 is 30.2. The highest BCUT2D eigenvalue weighted by molar-refractivity contribution is 5.34. The minimum atomic E-state index is -2.88. The molecule has 0 saturated heterocycles. The molecule has 2 rings (SSSR count). The fraction of sp³-hybridized carbons (Fsp3) is 0.308. The van der Waals surface area contributed by atoms with Gasteiger partial charge in [-0.15, -0.1) is 0 Å². The average Bonchev–Trinajstić information content (AvgIpc) is 2.86. The Balaban J connectivity index is 2.20. The van der Waals surface area contributed by atoms with Crippen LogP contribution in [0.1, 0.15) is 24.2 Å². The lowest BCUT2D eigenvalue weighted by molar-refractivity contribution is -0.0499. The average molecular weight is 268 g/mol. The van der Waals surface area contributed by atoms with Gasteiger partial charge in [0.1, 0.15) is 11.9 Å². The van der Waals surface area contributed by atoms with Crippen LogP contribution in [0.15, 0.2) is 36.7 Å². The first-order valence-electron chi connectivity index (χ1n) is 5.85. The summed E-state index contributed by atoms with van der Waals surface area (Å²) in [6, 6.07) is 6.00. The minimum Gasteiger partial charge on any atom is -0.435 e. The molecule has 1 aromatic heterocycles. The van der Waals surface area contributed by atoms with Gasteiger partial charge in [0.15, 0.2) is 0 Å². The lowest BCUT2D eigenvalue weighted by Crippen LogP contribution is -2.04. The lowest BCUT2D eigenvalue weighted by atomic mass is 10.0. The second-order valence-electron chi connectivity index (χ2n) is 3.98. The molecular formula is C13H14F2N2O2. The second kappa shape index (κ2) is 5.79. The highest BCUT2D eigenvalue weighted by Gasteiger charge is 2.14. The molecule has 1 heterocycles. The Labute approximate surface area is 109 Å². The predicted octanol–water partition coefficient (Wildman–Crippen LogP) is 2.59. The van der Waals surface area contributed by atoms with Crippen LogP contribution >= 0.6 is 0 Å². The number of nitrogens with zero attached hydrogens (tertiary/aromatic N) is 2. The Hall–Kier alpha value is -1.95. The van der Waals surface area contributed by atoms with E-state index in [-0.39, 0.29) is 5.75 Å². The molecule has 102 valence electrons. The van der Waals surface area contributed by atoms with Gasteiger partial charge in [-0.2, -0.15) is 13.9 Å². The van der Waals surface area contributed by atoms with Crippen molar-refractivity contribution in [2.24, 2.45) is 0 Å². The number of aliphatic hydroxyl groups excluding tert-OH is 1. The van der Waals surface area contributed by atoms with Crippen LogP contribution in [-0.4, -0.2) is 21.5 Å². The van der Waals surface area contributed by atoms with Crippen LogP contribution in [0.2, 0.25) is 0 Å². The number of ether oxygens (including phenoxy) is 1. The van der Waals surface area contributed by atoms with E-state index in [2.05, 4.69) is 9.84 Å². The van der Waals surface area contributed by atoms with Crippen LogP contribution in [-0.2, 0) is 6.54 Å². The number of halogens is 2. The number of aromatic nitrogens is 2. The van der Waals surface area contributed by atoms with E-state index in [1.807, 2.05) is 6.92 Å². The largest absolute Gasteiger partial charge is 0.435 e. The zero-order valence-corrected chi connectivity index (χ0v) is 10.3. The highest BCUT2D eigenvalue weighted by atomic mass is 19.3. The molecule has 19 heavy (non-hydrogen) atoms. The van der Waals surface area contributed by atoms with E-state index in [0.29, 0.717) is 17.7 Å². The van der Waals surface area contributed by atoms with E-state index < -0.39 is 12.7 Å². The van der Waals surface area contributed by atoms with Crippen molar-refractivity contribution >= 4 is 0 Å². The molecule has 6 heteroatoms. The maximum absolute atomic E-state index is 12.1. The van der Waals surface area contributed by atoms with Gasteiger partial charge in [-0.1, -0.05) is 12.1 Å². The van der Waals surface area contributed by atoms with Gasteiger partial charge < -0.3 is 9.84 Å². The molecule has 0 spiro atoms. The normalized spacial score (nSPS) is 12.7. The first-order chi connectivity index (χ1) is 9.10. The Morgan fingerprint density at radius 1 is 1.37 bits per heavy atom. The van der Waals surface area contributed by atoms with E-state index in [4.69, 9.17) is 0 Å². The molecule has 0 radical (unpaired) electrons. The summed E-state index contributed by atoms with van der Waals surface area (Å²) in [4.78, 5) is 0. The molecule has 0 amide bonds. The molecule has 0 saturated carbocycles. The summed E-state index contributed by atoms with van der Waals surface area (Å²) in [7, 11) is 0. The third kappa shape index (κ3) is 3.29. The van der Waals surface area contributed by atoms with Crippen molar-refractivity contribution in [2.45, 2.75) is 26.2 Å². The lowest BCUT2D eigenvalue weighted by Gasteiger charge is -2.11. The molecule has 1 atom stereocenters. The maximum Gasteiger partial charge on any atom is 0.387 e. The van der Waals surface area contributed by atoms with E-state index in [0.717, 1.165) is 0 Å². The summed E-state index contributed by atoms with van der Waals surface area (Å²) in [6.07, 6.45) is 2.35. The van der Waals surface area contributed by atoms with Gasteiger partial charge in [0.2, 0.25) is 0 Å². The molecule has 0 aliphatic carbocycles. The summed E-state index contributed by atoms with van der Waals surface area (Å²) >= 11 is 0. The number of aryl methyl sites for hydroxylation is 1. The highest BCUT2D eigenvalue weighted by Crippen LogP contribution is 2.25. The zero-order valence-electron chi connectivity index (χ0n) is 10.3. The summed E-state index contributed by atoms with van der Waals surface area (Å²) in [5.41, 5.74) is 1.09. The molecular weight excluding hydrogens is 254 g/mol. The van der Waals surface area contributed by atoms with Crippen LogP contribution in [0.5, 0.6) is 5.75 Å². The standard InChI is InChI=1S/C13H14F2N2O2/c1-2-17-8-10(7-16-17)12(18)9-4-3-5-11(6-9)19-13(14)15/h3-8,12-13,18H,2H2,1H3. The molecule has 0 aliphatic heterocycles. The minimum absolute atomic E-state index is 0.0226. The summed E-state index contributed by atoms with van der Waals surface area (Å²) in [6.45, 7) is -0.253. The van der Waals surface area contributed by atoms with Crippen LogP contribution < -0.4 is 4.74 Å². The number of rotatable bonds is 5. The fourth-order valence-electron chi connectivity index (χ4n) is 1.75. The molecule has 2 aromatic rings.